The van der Waals surface area contributed by atoms with Gasteiger partial charge >= 0.3 is 18.3 Å². The fourth-order valence-electron chi connectivity index (χ4n) is 3.64. The number of fused-ring (bicyclic) bond motifs is 1. The molecular weight excluding hydrogens is 448 g/mol. The minimum atomic E-state index is -3.73. The van der Waals surface area contributed by atoms with Crippen LogP contribution < -0.4 is 14.8 Å². The first-order valence-corrected chi connectivity index (χ1v) is 10.5. The number of benzene rings is 1. The number of rotatable bonds is 4. The van der Waals surface area contributed by atoms with Crippen LogP contribution >= 0.6 is 0 Å². The van der Waals surface area contributed by atoms with Crippen molar-refractivity contribution in [1.82, 2.24) is 15.2 Å². The van der Waals surface area contributed by atoms with Crippen LogP contribution in [0.2, 0.25) is 0 Å². The number of alkyl halides is 2. The Morgan fingerprint density at radius 2 is 1.97 bits per heavy atom. The van der Waals surface area contributed by atoms with Crippen LogP contribution in [0, 0.1) is 17.8 Å². The molecule has 3 atom stereocenters. The number of pyridine rings is 1. The van der Waals surface area contributed by atoms with Gasteiger partial charge in [-0.15, -0.1) is 8.78 Å². The van der Waals surface area contributed by atoms with Crippen LogP contribution in [-0.4, -0.2) is 40.8 Å². The summed E-state index contributed by atoms with van der Waals surface area (Å²) in [5, 5.41) is 2.74. The summed E-state index contributed by atoms with van der Waals surface area (Å²) < 4.78 is 40.6. The average Bonchev–Trinajstić information content (AvgIpc) is 3.10. The zero-order chi connectivity index (χ0) is 24.5. The Hall–Kier alpha value is -4.13. The van der Waals surface area contributed by atoms with E-state index >= 15 is 0 Å². The summed E-state index contributed by atoms with van der Waals surface area (Å²) in [5.74, 6) is 4.50. The van der Waals surface area contributed by atoms with E-state index in [1.807, 2.05) is 0 Å². The maximum Gasteiger partial charge on any atom is 0.586 e. The van der Waals surface area contributed by atoms with Crippen molar-refractivity contribution in [2.75, 3.05) is 6.61 Å². The van der Waals surface area contributed by atoms with Gasteiger partial charge in [-0.05, 0) is 43.7 Å². The number of nitrogens with zero attached hydrogens (tertiary/aromatic N) is 2. The smallest absolute Gasteiger partial charge is 0.464 e. The van der Waals surface area contributed by atoms with Crippen molar-refractivity contribution in [3.05, 3.63) is 66.1 Å². The van der Waals surface area contributed by atoms with Gasteiger partial charge in [-0.3, -0.25) is 9.88 Å². The fourth-order valence-corrected chi connectivity index (χ4v) is 3.64. The fraction of sp³-hybridized carbons (Fsp3) is 0.292. The van der Waals surface area contributed by atoms with Crippen LogP contribution in [0.4, 0.5) is 13.6 Å². The number of hydrogen-bond acceptors (Lipinski definition) is 6. The van der Waals surface area contributed by atoms with Gasteiger partial charge in [0, 0.05) is 23.7 Å². The zero-order valence-corrected chi connectivity index (χ0v) is 18.4. The lowest BCUT2D eigenvalue weighted by Crippen LogP contribution is -2.62. The number of esters is 1. The molecule has 2 aromatic rings. The number of carbonyl (C=O) groups is 2. The predicted octanol–water partition coefficient (Wildman–Crippen LogP) is 3.60. The molecule has 4 rings (SSSR count). The molecule has 3 heterocycles. The number of likely N-dealkylation sites (tertiary alicyclic amines) is 1. The standard InChI is InChI=1S/C24H21F2N3O5/c1-4-32-22(30)21-18(7-5-16-9-11-27-12-10-16)15(3)29(21)23(31)28-14(2)17-6-8-19-20(13-17)34-24(25,26)33-19/h6,8-14,18,21H,3-4H2,1-2H3,(H,28,31)/t14-,18+,21+/m1/s1. The molecule has 2 amide bonds. The van der Waals surface area contributed by atoms with Gasteiger partial charge in [-0.25, -0.2) is 9.59 Å². The van der Waals surface area contributed by atoms with Crippen LogP contribution in [0.5, 0.6) is 11.5 Å². The van der Waals surface area contributed by atoms with Crippen molar-refractivity contribution < 1.29 is 32.6 Å². The Bertz CT molecular complexity index is 1190. The molecule has 1 fully saturated rings. The van der Waals surface area contributed by atoms with Gasteiger partial charge in [-0.1, -0.05) is 24.5 Å². The van der Waals surface area contributed by atoms with Crippen LogP contribution in [0.15, 0.2) is 55.0 Å². The summed E-state index contributed by atoms with van der Waals surface area (Å²) in [5.41, 5.74) is 1.55. The Kier molecular flexibility index (Phi) is 6.11. The number of aromatic nitrogens is 1. The summed E-state index contributed by atoms with van der Waals surface area (Å²) in [4.78, 5) is 30.7. The summed E-state index contributed by atoms with van der Waals surface area (Å²) in [6.45, 7) is 7.38. The highest BCUT2D eigenvalue weighted by molar-refractivity contribution is 5.89. The predicted molar refractivity (Wildman–Crippen MR) is 116 cm³/mol. The van der Waals surface area contributed by atoms with E-state index in [0.717, 1.165) is 0 Å². The highest BCUT2D eigenvalue weighted by Gasteiger charge is 2.51. The highest BCUT2D eigenvalue weighted by Crippen LogP contribution is 2.42. The summed E-state index contributed by atoms with van der Waals surface area (Å²) in [7, 11) is 0. The number of ether oxygens (including phenoxy) is 3. The van der Waals surface area contributed by atoms with E-state index in [-0.39, 0.29) is 18.1 Å². The van der Waals surface area contributed by atoms with Crippen molar-refractivity contribution >= 4 is 12.0 Å². The van der Waals surface area contributed by atoms with Crippen molar-refractivity contribution in [2.24, 2.45) is 5.92 Å². The largest absolute Gasteiger partial charge is 0.586 e. The van der Waals surface area contributed by atoms with Crippen molar-refractivity contribution in [3.8, 4) is 23.3 Å². The molecule has 1 saturated heterocycles. The molecular formula is C24H21F2N3O5. The first-order valence-electron chi connectivity index (χ1n) is 10.5. The average molecular weight is 469 g/mol. The quantitative estimate of drug-likeness (QED) is 0.544. The number of carbonyl (C=O) groups excluding carboxylic acids is 2. The first-order chi connectivity index (χ1) is 16.2. The van der Waals surface area contributed by atoms with Gasteiger partial charge in [-0.2, -0.15) is 0 Å². The highest BCUT2D eigenvalue weighted by atomic mass is 19.3. The van der Waals surface area contributed by atoms with E-state index in [2.05, 4.69) is 38.2 Å². The molecule has 2 aliphatic heterocycles. The monoisotopic (exact) mass is 469 g/mol. The van der Waals surface area contributed by atoms with E-state index in [0.29, 0.717) is 16.8 Å². The Balaban J connectivity index is 1.49. The number of amides is 2. The molecule has 0 radical (unpaired) electrons. The van der Waals surface area contributed by atoms with Gasteiger partial charge in [0.15, 0.2) is 17.5 Å². The van der Waals surface area contributed by atoms with Gasteiger partial charge in [0.25, 0.3) is 0 Å². The second-order valence-corrected chi connectivity index (χ2v) is 7.59. The lowest BCUT2D eigenvalue weighted by molar-refractivity contribution is -0.286. The van der Waals surface area contributed by atoms with Crippen LogP contribution in [0.1, 0.15) is 31.0 Å². The van der Waals surface area contributed by atoms with Gasteiger partial charge < -0.3 is 19.5 Å². The number of nitrogens with one attached hydrogen (secondary N) is 1. The van der Waals surface area contributed by atoms with Crippen LogP contribution in [0.25, 0.3) is 0 Å². The maximum atomic E-state index is 13.3. The van der Waals surface area contributed by atoms with Crippen molar-refractivity contribution in [3.63, 3.8) is 0 Å². The number of urea groups is 1. The normalized spacial score (nSPS) is 20.5. The Morgan fingerprint density at radius 3 is 2.68 bits per heavy atom. The molecule has 0 spiro atoms. The first kappa shape index (κ1) is 23.0. The molecule has 1 aromatic heterocycles. The van der Waals surface area contributed by atoms with Crippen LogP contribution in [0.3, 0.4) is 0 Å². The maximum absolute atomic E-state index is 13.3. The minimum Gasteiger partial charge on any atom is -0.464 e. The lowest BCUT2D eigenvalue weighted by Gasteiger charge is -2.45. The summed E-state index contributed by atoms with van der Waals surface area (Å²) in [6.07, 6.45) is -0.538. The van der Waals surface area contributed by atoms with E-state index in [1.54, 1.807) is 38.4 Å². The molecule has 2 aliphatic rings. The Labute approximate surface area is 194 Å². The molecule has 0 unspecified atom stereocenters. The molecule has 34 heavy (non-hydrogen) atoms. The third-order valence-corrected chi connectivity index (χ3v) is 5.33. The second kappa shape index (κ2) is 9.02. The van der Waals surface area contributed by atoms with Crippen molar-refractivity contribution in [2.45, 2.75) is 32.2 Å². The van der Waals surface area contributed by atoms with Crippen LogP contribution in [-0.2, 0) is 9.53 Å². The third-order valence-electron chi connectivity index (χ3n) is 5.33. The second-order valence-electron chi connectivity index (χ2n) is 7.59. The van der Waals surface area contributed by atoms with Gasteiger partial charge in [0.05, 0.1) is 18.6 Å². The number of hydrogen-bond donors (Lipinski definition) is 1. The summed E-state index contributed by atoms with van der Waals surface area (Å²) >= 11 is 0. The molecule has 176 valence electrons. The van der Waals surface area contributed by atoms with Crippen molar-refractivity contribution in [1.29, 1.82) is 0 Å². The van der Waals surface area contributed by atoms with E-state index in [4.69, 9.17) is 4.74 Å². The third kappa shape index (κ3) is 4.50. The zero-order valence-electron chi connectivity index (χ0n) is 18.4. The molecule has 1 aromatic carbocycles. The summed E-state index contributed by atoms with van der Waals surface area (Å²) in [6, 6.07) is 5.51. The molecule has 0 aliphatic carbocycles. The topological polar surface area (TPSA) is 90.0 Å². The molecule has 10 heteroatoms. The van der Waals surface area contributed by atoms with Gasteiger partial charge in [0.2, 0.25) is 0 Å². The minimum absolute atomic E-state index is 0.0959. The SMILES string of the molecule is C=C1[C@H](C#Cc2ccncc2)[C@@H](C(=O)OCC)N1C(=O)N[C@H](C)c1ccc2c(c1)OC(F)(F)O2. The molecule has 1 N–H and O–H groups in total. The van der Waals surface area contributed by atoms with E-state index in [1.165, 1.54) is 23.1 Å². The van der Waals surface area contributed by atoms with E-state index in [9.17, 15) is 18.4 Å². The van der Waals surface area contributed by atoms with Gasteiger partial charge in [0.1, 0.15) is 0 Å². The molecule has 0 bridgehead atoms. The van der Waals surface area contributed by atoms with E-state index < -0.39 is 36.3 Å². The molecule has 8 nitrogen and oxygen atoms in total. The molecule has 0 saturated carbocycles. The lowest BCUT2D eigenvalue weighted by atomic mass is 9.85. The Morgan fingerprint density at radius 1 is 1.26 bits per heavy atom. The number of halogens is 2.